The zero-order chi connectivity index (χ0) is 16.7. The number of nitriles is 1. The molecule has 1 atom stereocenters. The van der Waals surface area contributed by atoms with Crippen molar-refractivity contribution in [1.82, 2.24) is 9.38 Å². The summed E-state index contributed by atoms with van der Waals surface area (Å²) in [6.45, 7) is 3.98. The number of aromatic nitrogens is 2. The van der Waals surface area contributed by atoms with Gasteiger partial charge in [-0.15, -0.1) is 0 Å². The summed E-state index contributed by atoms with van der Waals surface area (Å²) in [5.41, 5.74) is 4.91. The second-order valence-corrected chi connectivity index (χ2v) is 6.14. The molecule has 0 bridgehead atoms. The van der Waals surface area contributed by atoms with Crippen molar-refractivity contribution in [3.05, 3.63) is 72.1 Å². The highest BCUT2D eigenvalue weighted by Crippen LogP contribution is 2.32. The zero-order valence-electron chi connectivity index (χ0n) is 13.7. The Morgan fingerprint density at radius 3 is 2.62 bits per heavy atom. The molecule has 0 N–H and O–H groups in total. The van der Waals surface area contributed by atoms with Crippen molar-refractivity contribution in [3.63, 3.8) is 0 Å². The Kier molecular flexibility index (Phi) is 3.32. The van der Waals surface area contributed by atoms with E-state index in [0.717, 1.165) is 28.2 Å². The molecule has 4 aromatic rings. The Bertz CT molecular complexity index is 1100. The summed E-state index contributed by atoms with van der Waals surface area (Å²) in [6, 6.07) is 21.1. The summed E-state index contributed by atoms with van der Waals surface area (Å²) in [6.07, 6.45) is 1.99. The number of benzene rings is 2. The van der Waals surface area contributed by atoms with Gasteiger partial charge < -0.3 is 4.40 Å². The fourth-order valence-electron chi connectivity index (χ4n) is 3.25. The van der Waals surface area contributed by atoms with Crippen LogP contribution >= 0.6 is 0 Å². The van der Waals surface area contributed by atoms with Crippen LogP contribution < -0.4 is 0 Å². The molecule has 116 valence electrons. The summed E-state index contributed by atoms with van der Waals surface area (Å²) in [5, 5.41) is 11.9. The van der Waals surface area contributed by atoms with Crippen LogP contribution in [0.3, 0.4) is 0 Å². The Morgan fingerprint density at radius 1 is 1.04 bits per heavy atom. The molecule has 24 heavy (non-hydrogen) atoms. The summed E-state index contributed by atoms with van der Waals surface area (Å²) in [4.78, 5) is 4.87. The van der Waals surface area contributed by atoms with Crippen molar-refractivity contribution >= 4 is 16.4 Å². The van der Waals surface area contributed by atoms with E-state index < -0.39 is 0 Å². The number of nitrogens with zero attached hydrogens (tertiary/aromatic N) is 3. The van der Waals surface area contributed by atoms with Crippen LogP contribution in [0.4, 0.5) is 0 Å². The fourth-order valence-corrected chi connectivity index (χ4v) is 3.25. The summed E-state index contributed by atoms with van der Waals surface area (Å²) >= 11 is 0. The maximum absolute atomic E-state index is 9.49. The fraction of sp³-hybridized carbons (Fsp3) is 0.143. The molecule has 2 aromatic carbocycles. The molecule has 0 aliphatic carbocycles. The largest absolute Gasteiger partial charge is 0.302 e. The molecule has 0 aliphatic rings. The summed E-state index contributed by atoms with van der Waals surface area (Å²) in [7, 11) is 0. The van der Waals surface area contributed by atoms with Crippen molar-refractivity contribution in [2.75, 3.05) is 0 Å². The predicted octanol–water partition coefficient (Wildman–Crippen LogP) is 5.09. The Hall–Kier alpha value is -3.12. The lowest BCUT2D eigenvalue weighted by atomic mass is 10.00. The smallest absolute Gasteiger partial charge is 0.140 e. The van der Waals surface area contributed by atoms with E-state index in [1.807, 2.05) is 48.7 Å². The molecule has 0 aliphatic heterocycles. The number of pyridine rings is 1. The maximum atomic E-state index is 9.49. The first-order chi connectivity index (χ1) is 11.7. The minimum Gasteiger partial charge on any atom is -0.302 e. The van der Waals surface area contributed by atoms with Gasteiger partial charge in [0.25, 0.3) is 0 Å². The van der Waals surface area contributed by atoms with Gasteiger partial charge in [-0.1, -0.05) is 42.5 Å². The molecular weight excluding hydrogens is 294 g/mol. The highest BCUT2D eigenvalue weighted by molar-refractivity contribution is 5.87. The first-order valence-electron chi connectivity index (χ1n) is 8.05. The number of hydrogen-bond acceptors (Lipinski definition) is 2. The second-order valence-electron chi connectivity index (χ2n) is 6.14. The van der Waals surface area contributed by atoms with E-state index in [1.165, 1.54) is 10.8 Å². The third-order valence-electron chi connectivity index (χ3n) is 4.51. The standard InChI is InChI=1S/C21H17N3/c1-14-6-5-11-24-20(15(2)13-22)19(23-21(14)24)18-10-9-16-7-3-4-8-17(16)12-18/h3-12,15H,1-2H3. The maximum Gasteiger partial charge on any atom is 0.140 e. The first kappa shape index (κ1) is 14.5. The SMILES string of the molecule is Cc1cccn2c(C(C)C#N)c(-c3ccc4ccccc4c3)nc12. The van der Waals surface area contributed by atoms with Crippen LogP contribution in [0.15, 0.2) is 60.8 Å². The summed E-state index contributed by atoms with van der Waals surface area (Å²) in [5.74, 6) is -0.233. The van der Waals surface area contributed by atoms with Gasteiger partial charge in [0, 0.05) is 11.8 Å². The van der Waals surface area contributed by atoms with Crippen LogP contribution in [0.1, 0.15) is 24.1 Å². The van der Waals surface area contributed by atoms with Gasteiger partial charge in [-0.2, -0.15) is 5.26 Å². The quantitative estimate of drug-likeness (QED) is 0.517. The van der Waals surface area contributed by atoms with E-state index in [4.69, 9.17) is 4.98 Å². The van der Waals surface area contributed by atoms with E-state index in [-0.39, 0.29) is 5.92 Å². The number of imidazole rings is 1. The van der Waals surface area contributed by atoms with Gasteiger partial charge in [0.05, 0.1) is 23.4 Å². The Labute approximate surface area is 140 Å². The van der Waals surface area contributed by atoms with Gasteiger partial charge in [-0.3, -0.25) is 0 Å². The zero-order valence-corrected chi connectivity index (χ0v) is 13.7. The summed E-state index contributed by atoms with van der Waals surface area (Å²) < 4.78 is 2.05. The lowest BCUT2D eigenvalue weighted by Crippen LogP contribution is -1.98. The van der Waals surface area contributed by atoms with Crippen LogP contribution in [0, 0.1) is 18.3 Å². The third-order valence-corrected chi connectivity index (χ3v) is 4.51. The van der Waals surface area contributed by atoms with Gasteiger partial charge in [0.2, 0.25) is 0 Å². The molecule has 0 saturated carbocycles. The first-order valence-corrected chi connectivity index (χ1v) is 8.05. The van der Waals surface area contributed by atoms with E-state index in [9.17, 15) is 5.26 Å². The molecule has 2 heterocycles. The third kappa shape index (κ3) is 2.16. The van der Waals surface area contributed by atoms with Crippen LogP contribution in [0.5, 0.6) is 0 Å². The van der Waals surface area contributed by atoms with E-state index in [2.05, 4.69) is 36.4 Å². The lowest BCUT2D eigenvalue weighted by Gasteiger charge is -2.08. The van der Waals surface area contributed by atoms with Gasteiger partial charge in [-0.25, -0.2) is 4.98 Å². The highest BCUT2D eigenvalue weighted by Gasteiger charge is 2.20. The van der Waals surface area contributed by atoms with Gasteiger partial charge in [-0.05, 0) is 42.3 Å². The van der Waals surface area contributed by atoms with Crippen LogP contribution in [0.25, 0.3) is 27.7 Å². The topological polar surface area (TPSA) is 41.1 Å². The van der Waals surface area contributed by atoms with E-state index in [0.29, 0.717) is 0 Å². The molecule has 3 nitrogen and oxygen atoms in total. The average Bonchev–Trinajstić information content (AvgIpc) is 3.01. The molecule has 0 saturated heterocycles. The predicted molar refractivity (Wildman–Crippen MR) is 96.9 cm³/mol. The lowest BCUT2D eigenvalue weighted by molar-refractivity contribution is 0.899. The molecule has 2 aromatic heterocycles. The van der Waals surface area contributed by atoms with Crippen molar-refractivity contribution < 1.29 is 0 Å². The van der Waals surface area contributed by atoms with E-state index >= 15 is 0 Å². The second kappa shape index (κ2) is 5.50. The number of hydrogen-bond donors (Lipinski definition) is 0. The van der Waals surface area contributed by atoms with Gasteiger partial charge >= 0.3 is 0 Å². The molecular formula is C21H17N3. The molecule has 4 rings (SSSR count). The minimum atomic E-state index is -0.233. The Morgan fingerprint density at radius 2 is 1.83 bits per heavy atom. The van der Waals surface area contributed by atoms with Crippen LogP contribution in [0.2, 0.25) is 0 Å². The molecule has 0 fully saturated rings. The normalized spacial score (nSPS) is 12.4. The van der Waals surface area contributed by atoms with Crippen molar-refractivity contribution in [2.24, 2.45) is 0 Å². The van der Waals surface area contributed by atoms with E-state index in [1.54, 1.807) is 0 Å². The monoisotopic (exact) mass is 311 g/mol. The molecule has 0 spiro atoms. The minimum absolute atomic E-state index is 0.233. The highest BCUT2D eigenvalue weighted by atomic mass is 15.0. The molecule has 0 amide bonds. The number of aryl methyl sites for hydroxylation is 1. The van der Waals surface area contributed by atoms with Crippen LogP contribution in [-0.4, -0.2) is 9.38 Å². The number of rotatable bonds is 2. The van der Waals surface area contributed by atoms with Gasteiger partial charge in [0.15, 0.2) is 0 Å². The Balaban J connectivity index is 2.04. The average molecular weight is 311 g/mol. The van der Waals surface area contributed by atoms with Gasteiger partial charge in [0.1, 0.15) is 5.65 Å². The van der Waals surface area contributed by atoms with Crippen molar-refractivity contribution in [3.8, 4) is 17.3 Å². The number of fused-ring (bicyclic) bond motifs is 2. The van der Waals surface area contributed by atoms with Crippen LogP contribution in [-0.2, 0) is 0 Å². The molecule has 3 heteroatoms. The molecule has 0 radical (unpaired) electrons. The molecule has 1 unspecified atom stereocenters. The van der Waals surface area contributed by atoms with Crippen molar-refractivity contribution in [2.45, 2.75) is 19.8 Å². The van der Waals surface area contributed by atoms with Crippen molar-refractivity contribution in [1.29, 1.82) is 5.26 Å².